The first-order valence-electron chi connectivity index (χ1n) is 5.21. The molecule has 0 saturated heterocycles. The molecule has 0 bridgehead atoms. The molecule has 1 saturated carbocycles. The number of hydrogen-bond donors (Lipinski definition) is 3. The lowest BCUT2D eigenvalue weighted by atomic mass is 10.0. The molecular formula is C11H18N2O2. The van der Waals surface area contributed by atoms with Gasteiger partial charge in [-0.05, 0) is 24.7 Å². The van der Waals surface area contributed by atoms with E-state index in [1.807, 2.05) is 0 Å². The summed E-state index contributed by atoms with van der Waals surface area (Å²) in [5, 5.41) is 11.6. The summed E-state index contributed by atoms with van der Waals surface area (Å²) in [5.74, 6) is 2.16. The third-order valence-corrected chi connectivity index (χ3v) is 2.91. The maximum absolute atomic E-state index is 11.4. The van der Waals surface area contributed by atoms with Crippen LogP contribution in [0.5, 0.6) is 0 Å². The molecule has 1 aliphatic carbocycles. The highest BCUT2D eigenvalue weighted by atomic mass is 16.3. The Morgan fingerprint density at radius 1 is 1.67 bits per heavy atom. The van der Waals surface area contributed by atoms with Crippen LogP contribution in [0.1, 0.15) is 25.7 Å². The topological polar surface area (TPSA) is 75.4 Å². The van der Waals surface area contributed by atoms with Gasteiger partial charge in [-0.1, -0.05) is 0 Å². The summed E-state index contributed by atoms with van der Waals surface area (Å²) >= 11 is 0. The molecule has 1 rings (SSSR count). The summed E-state index contributed by atoms with van der Waals surface area (Å²) in [7, 11) is 0. The molecule has 0 aliphatic heterocycles. The second-order valence-electron chi connectivity index (χ2n) is 4.21. The molecule has 1 amide bonds. The molecule has 1 fully saturated rings. The molecule has 0 spiro atoms. The molecule has 0 radical (unpaired) electrons. The van der Waals surface area contributed by atoms with Crippen molar-refractivity contribution in [1.82, 2.24) is 5.32 Å². The highest BCUT2D eigenvalue weighted by molar-refractivity contribution is 5.81. The minimum absolute atomic E-state index is 0.125. The molecule has 15 heavy (non-hydrogen) atoms. The van der Waals surface area contributed by atoms with E-state index in [0.29, 0.717) is 6.54 Å². The third kappa shape index (κ3) is 3.54. The Hall–Kier alpha value is -1.05. The van der Waals surface area contributed by atoms with E-state index >= 15 is 0 Å². The van der Waals surface area contributed by atoms with Crippen molar-refractivity contribution < 1.29 is 9.90 Å². The molecule has 0 aromatic carbocycles. The van der Waals surface area contributed by atoms with E-state index in [2.05, 4.69) is 11.2 Å². The summed E-state index contributed by atoms with van der Waals surface area (Å²) < 4.78 is 0. The molecule has 84 valence electrons. The molecule has 4 heteroatoms. The van der Waals surface area contributed by atoms with Crippen LogP contribution in [0, 0.1) is 17.8 Å². The van der Waals surface area contributed by atoms with Crippen LogP contribution >= 0.6 is 0 Å². The van der Waals surface area contributed by atoms with Crippen molar-refractivity contribution in [3.05, 3.63) is 0 Å². The zero-order valence-corrected chi connectivity index (χ0v) is 8.83. The number of amides is 1. The Bertz CT molecular complexity index is 266. The average Bonchev–Trinajstić information content (AvgIpc) is 2.96. The first kappa shape index (κ1) is 12.0. The number of aliphatic hydroxyl groups is 1. The summed E-state index contributed by atoms with van der Waals surface area (Å²) in [6.45, 7) is 0.775. The van der Waals surface area contributed by atoms with Gasteiger partial charge in [-0.15, -0.1) is 12.3 Å². The average molecular weight is 210 g/mol. The van der Waals surface area contributed by atoms with Crippen LogP contribution < -0.4 is 11.1 Å². The van der Waals surface area contributed by atoms with Crippen molar-refractivity contribution >= 4 is 5.91 Å². The van der Waals surface area contributed by atoms with Gasteiger partial charge in [-0.2, -0.15) is 0 Å². The van der Waals surface area contributed by atoms with Crippen molar-refractivity contribution in [3.8, 4) is 12.3 Å². The van der Waals surface area contributed by atoms with Crippen LogP contribution in [0.4, 0.5) is 0 Å². The van der Waals surface area contributed by atoms with Crippen LogP contribution in [0.25, 0.3) is 0 Å². The standard InChI is InChI=1S/C11H18N2O2/c1-2-3-9(12)10(15)13-8-11(4-5-11)6-7-14/h1,9,14H,3-8,12H2,(H,13,15). The minimum Gasteiger partial charge on any atom is -0.396 e. The summed E-state index contributed by atoms with van der Waals surface area (Å²) in [4.78, 5) is 11.4. The zero-order valence-electron chi connectivity index (χ0n) is 8.83. The molecule has 1 unspecified atom stereocenters. The predicted molar refractivity (Wildman–Crippen MR) is 57.8 cm³/mol. The normalized spacial score (nSPS) is 19.0. The van der Waals surface area contributed by atoms with Crippen LogP contribution in [-0.4, -0.2) is 30.2 Å². The van der Waals surface area contributed by atoms with Gasteiger partial charge in [-0.25, -0.2) is 0 Å². The molecule has 0 heterocycles. The van der Waals surface area contributed by atoms with Gasteiger partial charge < -0.3 is 16.2 Å². The third-order valence-electron chi connectivity index (χ3n) is 2.91. The Balaban J connectivity index is 2.25. The van der Waals surface area contributed by atoms with E-state index in [-0.39, 0.29) is 24.3 Å². The Morgan fingerprint density at radius 3 is 2.80 bits per heavy atom. The van der Waals surface area contributed by atoms with E-state index in [1.165, 1.54) is 0 Å². The first-order valence-corrected chi connectivity index (χ1v) is 5.21. The fourth-order valence-corrected chi connectivity index (χ4v) is 1.55. The molecule has 1 aliphatic rings. The number of nitrogens with two attached hydrogens (primary N) is 1. The second-order valence-corrected chi connectivity index (χ2v) is 4.21. The van der Waals surface area contributed by atoms with Crippen molar-refractivity contribution in [2.75, 3.05) is 13.2 Å². The van der Waals surface area contributed by atoms with Gasteiger partial charge in [0, 0.05) is 19.6 Å². The number of aliphatic hydroxyl groups excluding tert-OH is 1. The molecular weight excluding hydrogens is 192 g/mol. The van der Waals surface area contributed by atoms with E-state index in [0.717, 1.165) is 19.3 Å². The fraction of sp³-hybridized carbons (Fsp3) is 0.727. The molecule has 0 aromatic heterocycles. The smallest absolute Gasteiger partial charge is 0.237 e. The van der Waals surface area contributed by atoms with Gasteiger partial charge >= 0.3 is 0 Å². The highest BCUT2D eigenvalue weighted by Crippen LogP contribution is 2.47. The quantitative estimate of drug-likeness (QED) is 0.523. The number of carbonyl (C=O) groups is 1. The van der Waals surface area contributed by atoms with E-state index in [9.17, 15) is 4.79 Å². The minimum atomic E-state index is -0.611. The van der Waals surface area contributed by atoms with Gasteiger partial charge in [0.05, 0.1) is 6.04 Å². The molecule has 1 atom stereocenters. The molecule has 4 N–H and O–H groups in total. The Labute approximate surface area is 90.2 Å². The van der Waals surface area contributed by atoms with Gasteiger partial charge in [-0.3, -0.25) is 4.79 Å². The lowest BCUT2D eigenvalue weighted by molar-refractivity contribution is -0.122. The summed E-state index contributed by atoms with van der Waals surface area (Å²) in [5.41, 5.74) is 5.67. The van der Waals surface area contributed by atoms with Crippen LogP contribution in [0.3, 0.4) is 0 Å². The SMILES string of the molecule is C#CCC(N)C(=O)NCC1(CCO)CC1. The van der Waals surface area contributed by atoms with Crippen LogP contribution in [0.15, 0.2) is 0 Å². The maximum Gasteiger partial charge on any atom is 0.237 e. The maximum atomic E-state index is 11.4. The molecule has 0 aromatic rings. The summed E-state index contributed by atoms with van der Waals surface area (Å²) in [6.07, 6.45) is 8.21. The Morgan fingerprint density at radius 2 is 2.33 bits per heavy atom. The van der Waals surface area contributed by atoms with Gasteiger partial charge in [0.15, 0.2) is 0 Å². The zero-order chi connectivity index (χ0) is 11.3. The first-order chi connectivity index (χ1) is 7.13. The van der Waals surface area contributed by atoms with Crippen LogP contribution in [0.2, 0.25) is 0 Å². The lowest BCUT2D eigenvalue weighted by Gasteiger charge is -2.16. The van der Waals surface area contributed by atoms with E-state index in [4.69, 9.17) is 17.3 Å². The van der Waals surface area contributed by atoms with E-state index in [1.54, 1.807) is 0 Å². The van der Waals surface area contributed by atoms with Gasteiger partial charge in [0.1, 0.15) is 0 Å². The van der Waals surface area contributed by atoms with Gasteiger partial charge in [0.2, 0.25) is 5.91 Å². The summed E-state index contributed by atoms with van der Waals surface area (Å²) in [6, 6.07) is -0.611. The van der Waals surface area contributed by atoms with E-state index < -0.39 is 6.04 Å². The number of terminal acetylenes is 1. The monoisotopic (exact) mass is 210 g/mol. The van der Waals surface area contributed by atoms with Crippen molar-refractivity contribution in [2.24, 2.45) is 11.1 Å². The predicted octanol–water partition coefficient (Wildman–Crippen LogP) is -0.384. The molecule has 4 nitrogen and oxygen atoms in total. The fourth-order valence-electron chi connectivity index (χ4n) is 1.55. The highest BCUT2D eigenvalue weighted by Gasteiger charge is 2.42. The van der Waals surface area contributed by atoms with Crippen LogP contribution in [-0.2, 0) is 4.79 Å². The number of hydrogen-bond acceptors (Lipinski definition) is 3. The second kappa shape index (κ2) is 5.15. The lowest BCUT2D eigenvalue weighted by Crippen LogP contribution is -2.42. The number of rotatable bonds is 6. The largest absolute Gasteiger partial charge is 0.396 e. The van der Waals surface area contributed by atoms with Crippen molar-refractivity contribution in [2.45, 2.75) is 31.7 Å². The van der Waals surface area contributed by atoms with Gasteiger partial charge in [0.25, 0.3) is 0 Å². The number of carbonyl (C=O) groups excluding carboxylic acids is 1. The van der Waals surface area contributed by atoms with Crippen molar-refractivity contribution in [1.29, 1.82) is 0 Å². The number of nitrogens with one attached hydrogen (secondary N) is 1. The van der Waals surface area contributed by atoms with Crippen molar-refractivity contribution in [3.63, 3.8) is 0 Å². The Kier molecular flexibility index (Phi) is 4.13.